The first-order valence-corrected chi connectivity index (χ1v) is 10.1. The maximum atomic E-state index is 5.66. The van der Waals surface area contributed by atoms with Crippen LogP contribution in [-0.2, 0) is 0 Å². The molecule has 2 aromatic rings. The van der Waals surface area contributed by atoms with Gasteiger partial charge in [0.2, 0.25) is 0 Å². The molecule has 0 fully saturated rings. The third-order valence-corrected chi connectivity index (χ3v) is 3.86. The van der Waals surface area contributed by atoms with Crippen LogP contribution < -0.4 is 20.7 Å². The molecule has 0 aromatic heterocycles. The average Bonchev–Trinajstić information content (AvgIpc) is 3.10. The van der Waals surface area contributed by atoms with Crippen LogP contribution in [-0.4, -0.2) is 18.5 Å². The Morgan fingerprint density at radius 3 is 2.00 bits per heavy atom. The lowest BCUT2D eigenvalue weighted by Crippen LogP contribution is -2.23. The Balaban J connectivity index is 0.00000145. The van der Waals surface area contributed by atoms with Gasteiger partial charge in [-0.25, -0.2) is 0 Å². The molecule has 0 bridgehead atoms. The molecule has 0 saturated carbocycles. The number of rotatable bonds is 7. The number of nitrogens with zero attached hydrogens (tertiary/aromatic N) is 1. The molecule has 0 saturated heterocycles. The first-order valence-electron chi connectivity index (χ1n) is 10.1. The summed E-state index contributed by atoms with van der Waals surface area (Å²) in [4.78, 5) is 4.37. The van der Waals surface area contributed by atoms with E-state index in [-0.39, 0.29) is 6.10 Å². The molecule has 1 aliphatic heterocycles. The highest BCUT2D eigenvalue weighted by Gasteiger charge is 2.05. The molecule has 1 aliphatic rings. The van der Waals surface area contributed by atoms with Crippen molar-refractivity contribution in [1.82, 2.24) is 5.32 Å². The fraction of sp³-hybridized carbons (Fsp3) is 0.292. The Morgan fingerprint density at radius 1 is 0.931 bits per heavy atom. The number of aliphatic imine (C=N–C) groups is 1. The molecule has 29 heavy (non-hydrogen) atoms. The van der Waals surface area contributed by atoms with E-state index in [0.29, 0.717) is 5.82 Å². The molecule has 0 spiro atoms. The van der Waals surface area contributed by atoms with E-state index in [1.165, 1.54) is 5.57 Å². The summed E-state index contributed by atoms with van der Waals surface area (Å²) in [7, 11) is 0. The number of ether oxygens (including phenoxy) is 1. The lowest BCUT2D eigenvalue weighted by Gasteiger charge is -2.13. The summed E-state index contributed by atoms with van der Waals surface area (Å²) >= 11 is 0. The van der Waals surface area contributed by atoms with E-state index >= 15 is 0 Å². The minimum atomic E-state index is 0.175. The van der Waals surface area contributed by atoms with Crippen LogP contribution in [0.1, 0.15) is 34.6 Å². The third kappa shape index (κ3) is 7.37. The van der Waals surface area contributed by atoms with E-state index in [1.54, 1.807) is 0 Å². The first-order chi connectivity index (χ1) is 14.0. The SMILES string of the molecule is C=C(NC1=NCC(C)=C1)Nc1ccc(Nc2ccc(OC(C)C)cc2)cc1.CC. The van der Waals surface area contributed by atoms with E-state index < -0.39 is 0 Å². The zero-order valence-corrected chi connectivity index (χ0v) is 18.0. The highest BCUT2D eigenvalue weighted by molar-refractivity contribution is 5.96. The average molecular weight is 393 g/mol. The van der Waals surface area contributed by atoms with Crippen molar-refractivity contribution in [2.75, 3.05) is 17.2 Å². The van der Waals surface area contributed by atoms with E-state index in [4.69, 9.17) is 4.74 Å². The van der Waals surface area contributed by atoms with Gasteiger partial charge in [-0.2, -0.15) is 0 Å². The van der Waals surface area contributed by atoms with Crippen LogP contribution in [0.2, 0.25) is 0 Å². The summed E-state index contributed by atoms with van der Waals surface area (Å²) in [5.74, 6) is 2.41. The van der Waals surface area contributed by atoms with Crippen LogP contribution in [0.25, 0.3) is 0 Å². The number of anilines is 3. The van der Waals surface area contributed by atoms with Gasteiger partial charge in [-0.05, 0) is 81.0 Å². The van der Waals surface area contributed by atoms with Gasteiger partial charge in [-0.1, -0.05) is 20.4 Å². The van der Waals surface area contributed by atoms with E-state index in [2.05, 4.69) is 34.4 Å². The molecule has 2 aromatic carbocycles. The van der Waals surface area contributed by atoms with Crippen molar-refractivity contribution in [1.29, 1.82) is 0 Å². The highest BCUT2D eigenvalue weighted by atomic mass is 16.5. The van der Waals surface area contributed by atoms with E-state index in [9.17, 15) is 0 Å². The van der Waals surface area contributed by atoms with Gasteiger partial charge in [-0.15, -0.1) is 0 Å². The van der Waals surface area contributed by atoms with Crippen molar-refractivity contribution in [2.45, 2.75) is 40.7 Å². The second-order valence-electron chi connectivity index (χ2n) is 6.81. The van der Waals surface area contributed by atoms with Crippen molar-refractivity contribution in [3.8, 4) is 5.75 Å². The molecule has 154 valence electrons. The smallest absolute Gasteiger partial charge is 0.126 e. The van der Waals surface area contributed by atoms with Crippen LogP contribution in [0.4, 0.5) is 17.1 Å². The van der Waals surface area contributed by atoms with Gasteiger partial charge in [0, 0.05) is 17.1 Å². The van der Waals surface area contributed by atoms with Gasteiger partial charge in [-0.3, -0.25) is 4.99 Å². The van der Waals surface area contributed by atoms with Crippen molar-refractivity contribution in [2.24, 2.45) is 4.99 Å². The standard InChI is InChI=1S/C22H26N4O.C2H6/c1-15(2)27-21-11-9-20(10-12-21)26-19-7-5-18(6-8-19)24-17(4)25-22-13-16(3)14-23-22;1-2/h5-13,15,24,26H,4,14H2,1-3H3,(H,23,25);1-2H3. The minimum absolute atomic E-state index is 0.175. The Bertz CT molecular complexity index is 849. The summed E-state index contributed by atoms with van der Waals surface area (Å²) in [6.45, 7) is 14.8. The molecule has 0 unspecified atom stereocenters. The Morgan fingerprint density at radius 2 is 1.48 bits per heavy atom. The lowest BCUT2D eigenvalue weighted by atomic mass is 10.2. The van der Waals surface area contributed by atoms with Crippen LogP contribution in [0.5, 0.6) is 5.75 Å². The molecule has 3 rings (SSSR count). The number of amidine groups is 1. The number of hydrogen-bond acceptors (Lipinski definition) is 5. The minimum Gasteiger partial charge on any atom is -0.491 e. The predicted octanol–water partition coefficient (Wildman–Crippen LogP) is 6.07. The summed E-state index contributed by atoms with van der Waals surface area (Å²) in [6.07, 6.45) is 2.20. The molecule has 0 aliphatic carbocycles. The molecular formula is C24H32N4O. The molecule has 3 N–H and O–H groups in total. The van der Waals surface area contributed by atoms with Gasteiger partial charge >= 0.3 is 0 Å². The van der Waals surface area contributed by atoms with Crippen molar-refractivity contribution in [3.05, 3.63) is 72.6 Å². The maximum Gasteiger partial charge on any atom is 0.126 e. The topological polar surface area (TPSA) is 57.7 Å². The zero-order chi connectivity index (χ0) is 21.2. The monoisotopic (exact) mass is 392 g/mol. The first kappa shape index (κ1) is 22.1. The zero-order valence-electron chi connectivity index (χ0n) is 18.0. The van der Waals surface area contributed by atoms with Crippen LogP contribution in [0.15, 0.2) is 77.6 Å². The molecule has 5 heteroatoms. The highest BCUT2D eigenvalue weighted by Crippen LogP contribution is 2.22. The maximum absolute atomic E-state index is 5.66. The van der Waals surface area contributed by atoms with E-state index in [1.807, 2.05) is 82.3 Å². The van der Waals surface area contributed by atoms with E-state index in [0.717, 1.165) is 35.2 Å². The van der Waals surface area contributed by atoms with Gasteiger partial charge in [0.05, 0.1) is 12.6 Å². The van der Waals surface area contributed by atoms with Crippen LogP contribution in [0, 0.1) is 0 Å². The van der Waals surface area contributed by atoms with Gasteiger partial charge < -0.3 is 20.7 Å². The van der Waals surface area contributed by atoms with Crippen LogP contribution >= 0.6 is 0 Å². The third-order valence-electron chi connectivity index (χ3n) is 3.86. The molecular weight excluding hydrogens is 360 g/mol. The second-order valence-corrected chi connectivity index (χ2v) is 6.81. The number of hydrogen-bond donors (Lipinski definition) is 3. The quantitative estimate of drug-likeness (QED) is 0.535. The van der Waals surface area contributed by atoms with Gasteiger partial charge in [0.15, 0.2) is 0 Å². The van der Waals surface area contributed by atoms with Gasteiger partial charge in [0.25, 0.3) is 0 Å². The number of benzene rings is 2. The van der Waals surface area contributed by atoms with Crippen LogP contribution in [0.3, 0.4) is 0 Å². The largest absolute Gasteiger partial charge is 0.491 e. The van der Waals surface area contributed by atoms with Crippen molar-refractivity contribution in [3.63, 3.8) is 0 Å². The molecule has 1 heterocycles. The summed E-state index contributed by atoms with van der Waals surface area (Å²) in [6, 6.07) is 16.0. The van der Waals surface area contributed by atoms with Crippen molar-refractivity contribution < 1.29 is 4.74 Å². The Kier molecular flexibility index (Phi) is 8.34. The Labute approximate surface area is 174 Å². The summed E-state index contributed by atoms with van der Waals surface area (Å²) in [5, 5.41) is 9.79. The Hall–Kier alpha value is -3.21. The second kappa shape index (κ2) is 11.0. The normalized spacial score (nSPS) is 12.3. The summed E-state index contributed by atoms with van der Waals surface area (Å²) < 4.78 is 5.66. The fourth-order valence-corrected chi connectivity index (χ4v) is 2.66. The molecule has 0 atom stereocenters. The predicted molar refractivity (Wildman–Crippen MR) is 125 cm³/mol. The number of nitrogens with one attached hydrogen (secondary N) is 3. The molecule has 0 radical (unpaired) electrons. The fourth-order valence-electron chi connectivity index (χ4n) is 2.66. The molecule has 5 nitrogen and oxygen atoms in total. The molecule has 0 amide bonds. The summed E-state index contributed by atoms with van der Waals surface area (Å²) in [5.41, 5.74) is 4.22. The lowest BCUT2D eigenvalue weighted by molar-refractivity contribution is 0.242. The van der Waals surface area contributed by atoms with Crippen molar-refractivity contribution >= 4 is 22.9 Å². The van der Waals surface area contributed by atoms with Gasteiger partial charge in [0.1, 0.15) is 17.4 Å².